The van der Waals surface area contributed by atoms with Crippen molar-refractivity contribution in [2.75, 3.05) is 5.75 Å². The van der Waals surface area contributed by atoms with Crippen LogP contribution < -0.4 is 5.32 Å². The number of hydrogen-bond donors (Lipinski definition) is 2. The molecule has 0 spiro atoms. The van der Waals surface area contributed by atoms with Crippen molar-refractivity contribution in [2.24, 2.45) is 11.3 Å². The Balaban J connectivity index is 2.18. The highest BCUT2D eigenvalue weighted by molar-refractivity contribution is 7.80. The lowest BCUT2D eigenvalue weighted by Gasteiger charge is -2.17. The maximum atomic E-state index is 11.8. The first-order valence-corrected chi connectivity index (χ1v) is 7.01. The second-order valence-corrected chi connectivity index (χ2v) is 6.09. The predicted octanol–water partition coefficient (Wildman–Crippen LogP) is 3.03. The third-order valence-corrected chi connectivity index (χ3v) is 4.08. The van der Waals surface area contributed by atoms with Gasteiger partial charge in [0, 0.05) is 12.5 Å². The summed E-state index contributed by atoms with van der Waals surface area (Å²) in [5.41, 5.74) is 0.241. The molecule has 1 fully saturated rings. The van der Waals surface area contributed by atoms with Gasteiger partial charge in [-0.3, -0.25) is 4.79 Å². The molecule has 0 heterocycles. The van der Waals surface area contributed by atoms with Gasteiger partial charge >= 0.3 is 0 Å². The maximum absolute atomic E-state index is 11.8. The van der Waals surface area contributed by atoms with Crippen LogP contribution in [0.4, 0.5) is 0 Å². The number of amides is 1. The molecule has 0 aromatic carbocycles. The van der Waals surface area contributed by atoms with Gasteiger partial charge in [-0.05, 0) is 49.7 Å². The van der Waals surface area contributed by atoms with E-state index in [0.717, 1.165) is 12.2 Å². The molecule has 1 amide bonds. The number of nitrogens with one attached hydrogen (secondary N) is 1. The van der Waals surface area contributed by atoms with Gasteiger partial charge in [-0.1, -0.05) is 13.8 Å². The van der Waals surface area contributed by atoms with Gasteiger partial charge < -0.3 is 5.32 Å². The Bertz CT molecular complexity index is 236. The quantitative estimate of drug-likeness (QED) is 0.661. The van der Waals surface area contributed by atoms with E-state index in [1.165, 1.54) is 19.3 Å². The van der Waals surface area contributed by atoms with Gasteiger partial charge in [0.2, 0.25) is 5.91 Å². The van der Waals surface area contributed by atoms with Crippen molar-refractivity contribution in [3.8, 4) is 0 Å². The highest BCUT2D eigenvalue weighted by atomic mass is 32.1. The molecular formula is C13H25NOS. The van der Waals surface area contributed by atoms with E-state index in [0.29, 0.717) is 18.4 Å². The summed E-state index contributed by atoms with van der Waals surface area (Å²) in [5.74, 6) is 1.77. The maximum Gasteiger partial charge on any atom is 0.220 e. The fraction of sp³-hybridized carbons (Fsp3) is 0.923. The zero-order valence-electron chi connectivity index (χ0n) is 10.8. The first-order valence-electron chi connectivity index (χ1n) is 6.38. The summed E-state index contributed by atoms with van der Waals surface area (Å²) in [6.07, 6.45) is 5.27. The molecule has 2 nitrogen and oxygen atoms in total. The molecule has 0 aliphatic heterocycles. The van der Waals surface area contributed by atoms with Crippen molar-refractivity contribution >= 4 is 18.5 Å². The number of hydrogen-bond acceptors (Lipinski definition) is 2. The third kappa shape index (κ3) is 4.77. The minimum atomic E-state index is 0.211. The van der Waals surface area contributed by atoms with Crippen LogP contribution in [0.1, 0.15) is 52.9 Å². The van der Waals surface area contributed by atoms with Crippen molar-refractivity contribution in [3.05, 3.63) is 0 Å². The summed E-state index contributed by atoms with van der Waals surface area (Å²) in [4.78, 5) is 11.8. The molecule has 0 saturated heterocycles. The second-order valence-electron chi connectivity index (χ2n) is 5.77. The molecule has 1 saturated carbocycles. The highest BCUT2D eigenvalue weighted by Crippen LogP contribution is 2.49. The van der Waals surface area contributed by atoms with Crippen LogP contribution in [0.3, 0.4) is 0 Å². The lowest BCUT2D eigenvalue weighted by Crippen LogP contribution is -2.34. The molecule has 0 aromatic heterocycles. The lowest BCUT2D eigenvalue weighted by molar-refractivity contribution is -0.122. The minimum absolute atomic E-state index is 0.211. The molecule has 1 atom stereocenters. The van der Waals surface area contributed by atoms with E-state index in [1.807, 2.05) is 0 Å². The van der Waals surface area contributed by atoms with Gasteiger partial charge in [-0.25, -0.2) is 0 Å². The van der Waals surface area contributed by atoms with Crippen LogP contribution in [0.2, 0.25) is 0 Å². The molecule has 1 N–H and O–H groups in total. The predicted molar refractivity (Wildman–Crippen MR) is 71.8 cm³/mol. The zero-order chi connectivity index (χ0) is 12.2. The molecule has 0 radical (unpaired) electrons. The van der Waals surface area contributed by atoms with Gasteiger partial charge in [0.25, 0.3) is 0 Å². The first kappa shape index (κ1) is 13.9. The Kier molecular flexibility index (Phi) is 5.16. The Morgan fingerprint density at radius 1 is 1.31 bits per heavy atom. The van der Waals surface area contributed by atoms with Crippen LogP contribution in [0, 0.1) is 11.3 Å². The van der Waals surface area contributed by atoms with Crippen LogP contribution in [-0.4, -0.2) is 17.7 Å². The van der Waals surface area contributed by atoms with Crippen LogP contribution >= 0.6 is 12.6 Å². The van der Waals surface area contributed by atoms with E-state index in [9.17, 15) is 4.79 Å². The Labute approximate surface area is 105 Å². The molecule has 3 heteroatoms. The molecule has 94 valence electrons. The Hall–Kier alpha value is -0.180. The van der Waals surface area contributed by atoms with E-state index in [-0.39, 0.29) is 11.3 Å². The van der Waals surface area contributed by atoms with Crippen molar-refractivity contribution in [2.45, 2.75) is 58.9 Å². The van der Waals surface area contributed by atoms with E-state index in [2.05, 4.69) is 38.7 Å². The number of rotatable bonds is 7. The molecular weight excluding hydrogens is 218 g/mol. The fourth-order valence-electron chi connectivity index (χ4n) is 1.89. The average Bonchev–Trinajstić information content (AvgIpc) is 2.95. The summed E-state index contributed by atoms with van der Waals surface area (Å²) in [6.45, 7) is 6.53. The fourth-order valence-corrected chi connectivity index (χ4v) is 2.32. The lowest BCUT2D eigenvalue weighted by atomic mass is 10.0. The van der Waals surface area contributed by atoms with Crippen LogP contribution in [0.5, 0.6) is 0 Å². The molecule has 16 heavy (non-hydrogen) atoms. The largest absolute Gasteiger partial charge is 0.354 e. The van der Waals surface area contributed by atoms with E-state index in [1.54, 1.807) is 0 Å². The molecule has 0 aromatic rings. The zero-order valence-corrected chi connectivity index (χ0v) is 11.6. The summed E-state index contributed by atoms with van der Waals surface area (Å²) < 4.78 is 0. The first-order chi connectivity index (χ1) is 7.47. The summed E-state index contributed by atoms with van der Waals surface area (Å²) in [5, 5.41) is 3.09. The molecule has 0 bridgehead atoms. The van der Waals surface area contributed by atoms with Crippen LogP contribution in [0.25, 0.3) is 0 Å². The molecule has 1 rings (SSSR count). The number of carbonyl (C=O) groups excluding carboxylic acids is 1. The second kappa shape index (κ2) is 5.95. The van der Waals surface area contributed by atoms with Crippen molar-refractivity contribution < 1.29 is 4.79 Å². The molecule has 1 aliphatic rings. The smallest absolute Gasteiger partial charge is 0.220 e. The Morgan fingerprint density at radius 3 is 2.38 bits per heavy atom. The normalized spacial score (nSPS) is 19.6. The summed E-state index contributed by atoms with van der Waals surface area (Å²) in [6, 6.07) is 0.311. The average molecular weight is 243 g/mol. The Morgan fingerprint density at radius 2 is 1.94 bits per heavy atom. The van der Waals surface area contributed by atoms with Gasteiger partial charge in [0.05, 0.1) is 0 Å². The minimum Gasteiger partial charge on any atom is -0.354 e. The summed E-state index contributed by atoms with van der Waals surface area (Å²) >= 11 is 4.32. The van der Waals surface area contributed by atoms with E-state index < -0.39 is 0 Å². The third-order valence-electron chi connectivity index (χ3n) is 3.41. The van der Waals surface area contributed by atoms with Gasteiger partial charge in [0.1, 0.15) is 0 Å². The highest BCUT2D eigenvalue weighted by Gasteiger charge is 2.42. The molecule has 1 aliphatic carbocycles. The van der Waals surface area contributed by atoms with Crippen molar-refractivity contribution in [1.82, 2.24) is 5.32 Å². The molecule has 1 unspecified atom stereocenters. The van der Waals surface area contributed by atoms with Crippen LogP contribution in [-0.2, 0) is 4.79 Å². The van der Waals surface area contributed by atoms with Crippen molar-refractivity contribution in [1.29, 1.82) is 0 Å². The standard InChI is InChI=1S/C13H25NOS/c1-10(2)4-5-11(3)14-12(15)8-13(9-16)6-7-13/h10-11,16H,4-9H2,1-3H3,(H,14,15). The van der Waals surface area contributed by atoms with Gasteiger partial charge in [-0.2, -0.15) is 12.6 Å². The van der Waals surface area contributed by atoms with Gasteiger partial charge in [0.15, 0.2) is 0 Å². The number of thiol groups is 1. The van der Waals surface area contributed by atoms with E-state index in [4.69, 9.17) is 0 Å². The summed E-state index contributed by atoms with van der Waals surface area (Å²) in [7, 11) is 0. The monoisotopic (exact) mass is 243 g/mol. The number of carbonyl (C=O) groups is 1. The van der Waals surface area contributed by atoms with Crippen LogP contribution in [0.15, 0.2) is 0 Å². The topological polar surface area (TPSA) is 29.1 Å². The van der Waals surface area contributed by atoms with Gasteiger partial charge in [-0.15, -0.1) is 0 Å². The SMILES string of the molecule is CC(C)CCC(C)NC(=O)CC1(CS)CC1. The van der Waals surface area contributed by atoms with Crippen molar-refractivity contribution in [3.63, 3.8) is 0 Å². The van der Waals surface area contributed by atoms with E-state index >= 15 is 0 Å².